The molecule has 14 heteroatoms. The number of rotatable bonds is 8. The van der Waals surface area contributed by atoms with E-state index in [1.165, 1.54) is 19.9 Å². The summed E-state index contributed by atoms with van der Waals surface area (Å²) in [5.41, 5.74) is -7.48. The van der Waals surface area contributed by atoms with Gasteiger partial charge in [-0.2, -0.15) is 0 Å². The van der Waals surface area contributed by atoms with E-state index in [0.717, 1.165) is 12.2 Å². The number of thioether (sulfide) groups is 1. The summed E-state index contributed by atoms with van der Waals surface area (Å²) in [6.07, 6.45) is -0.415. The van der Waals surface area contributed by atoms with E-state index >= 15 is 8.78 Å². The minimum absolute atomic E-state index is 0.0781. The first kappa shape index (κ1) is 31.4. The van der Waals surface area contributed by atoms with Crippen LogP contribution in [-0.2, 0) is 32.9 Å². The number of esters is 1. The van der Waals surface area contributed by atoms with Crippen LogP contribution in [0.25, 0.3) is 0 Å². The molecule has 4 aliphatic carbocycles. The quantitative estimate of drug-likeness (QED) is 0.229. The van der Waals surface area contributed by atoms with Crippen LogP contribution in [0.1, 0.15) is 53.4 Å². The van der Waals surface area contributed by atoms with Gasteiger partial charge < -0.3 is 19.3 Å². The van der Waals surface area contributed by atoms with Crippen LogP contribution in [0, 0.1) is 28.6 Å². The van der Waals surface area contributed by atoms with Crippen molar-refractivity contribution in [2.45, 2.75) is 76.9 Å². The Kier molecular flexibility index (Phi) is 8.37. The number of alkyl halides is 3. The van der Waals surface area contributed by atoms with Gasteiger partial charge in [-0.05, 0) is 61.6 Å². The number of ketones is 1. The molecule has 9 atom stereocenters. The molecule has 0 aromatic carbocycles. The lowest BCUT2D eigenvalue weighted by Gasteiger charge is -2.63. The zero-order chi connectivity index (χ0) is 29.9. The summed E-state index contributed by atoms with van der Waals surface area (Å²) in [7, 11) is -5.02. The molecule has 3 fully saturated rings. The minimum atomic E-state index is -5.02. The summed E-state index contributed by atoms with van der Waals surface area (Å²) >= 11 is 0.330. The van der Waals surface area contributed by atoms with E-state index in [1.54, 1.807) is 13.8 Å². The normalized spacial score (nSPS) is 42.5. The smallest absolute Gasteiger partial charge is 0.449 e. The van der Waals surface area contributed by atoms with E-state index in [0.29, 0.717) is 11.8 Å². The maximum absolute atomic E-state index is 18.0. The second-order valence-electron chi connectivity index (χ2n) is 11.5. The molecule has 4 rings (SSSR count). The molecule has 2 N–H and O–H groups in total. The van der Waals surface area contributed by atoms with E-state index in [-0.39, 0.29) is 31.3 Å². The van der Waals surface area contributed by atoms with E-state index in [9.17, 15) is 33.1 Å². The molecular weight excluding hydrogens is 576 g/mol. The van der Waals surface area contributed by atoms with Gasteiger partial charge in [-0.25, -0.2) is 17.7 Å². The van der Waals surface area contributed by atoms with Crippen molar-refractivity contribution >= 4 is 36.5 Å². The van der Waals surface area contributed by atoms with Gasteiger partial charge in [0, 0.05) is 29.1 Å². The molecule has 0 aliphatic heterocycles. The van der Waals surface area contributed by atoms with Crippen LogP contribution in [0.3, 0.4) is 0 Å². The SMILES string of the molecule is CCC(=O)OC1(C(=O)SCF)C(C)CC2C3CC(F)C4=CC(=O)C=CC4(C)C3(F)C(OCOP(=O)(O)O)CC21C. The fraction of sp³-hybridized carbons (Fsp3) is 0.731. The van der Waals surface area contributed by atoms with E-state index in [4.69, 9.17) is 9.47 Å². The Morgan fingerprint density at radius 3 is 2.50 bits per heavy atom. The monoisotopic (exact) mass is 610 g/mol. The fourth-order valence-corrected chi connectivity index (χ4v) is 8.94. The van der Waals surface area contributed by atoms with Crippen molar-refractivity contribution in [3.05, 3.63) is 23.8 Å². The number of hydrogen-bond donors (Lipinski definition) is 2. The maximum atomic E-state index is 18.0. The van der Waals surface area contributed by atoms with Crippen molar-refractivity contribution in [2.24, 2.45) is 28.6 Å². The van der Waals surface area contributed by atoms with Gasteiger partial charge in [-0.3, -0.25) is 18.9 Å². The van der Waals surface area contributed by atoms with E-state index in [1.807, 2.05) is 0 Å². The molecule has 0 aromatic rings. The molecule has 0 heterocycles. The Morgan fingerprint density at radius 1 is 1.23 bits per heavy atom. The average Bonchev–Trinajstić information content (AvgIpc) is 3.08. The Labute approximate surface area is 234 Å². The lowest BCUT2D eigenvalue weighted by Crippen LogP contribution is -2.71. The van der Waals surface area contributed by atoms with E-state index < -0.39 is 89.6 Å². The van der Waals surface area contributed by atoms with Crippen LogP contribution in [-0.4, -0.2) is 63.0 Å². The van der Waals surface area contributed by atoms with Gasteiger partial charge in [0.1, 0.15) is 12.2 Å². The second kappa shape index (κ2) is 10.6. The van der Waals surface area contributed by atoms with Gasteiger partial charge in [0.2, 0.25) is 5.12 Å². The van der Waals surface area contributed by atoms with Crippen LogP contribution in [0.5, 0.6) is 0 Å². The number of phosphoric acid groups is 1. The molecule has 4 aliphatic rings. The largest absolute Gasteiger partial charge is 0.471 e. The first-order chi connectivity index (χ1) is 18.5. The predicted molar refractivity (Wildman–Crippen MR) is 138 cm³/mol. The number of hydrogen-bond acceptors (Lipinski definition) is 8. The van der Waals surface area contributed by atoms with Crippen molar-refractivity contribution in [3.63, 3.8) is 0 Å². The van der Waals surface area contributed by atoms with Gasteiger partial charge in [0.05, 0.1) is 6.10 Å². The van der Waals surface area contributed by atoms with Crippen molar-refractivity contribution < 1.29 is 55.9 Å². The maximum Gasteiger partial charge on any atom is 0.471 e. The van der Waals surface area contributed by atoms with Gasteiger partial charge >= 0.3 is 13.8 Å². The highest BCUT2D eigenvalue weighted by atomic mass is 32.2. The van der Waals surface area contributed by atoms with Crippen LogP contribution in [0.15, 0.2) is 23.8 Å². The van der Waals surface area contributed by atoms with Crippen LogP contribution in [0.2, 0.25) is 0 Å². The van der Waals surface area contributed by atoms with Crippen molar-refractivity contribution in [3.8, 4) is 0 Å². The summed E-state index contributed by atoms with van der Waals surface area (Å²) in [5.74, 6) is -3.82. The summed E-state index contributed by atoms with van der Waals surface area (Å²) in [5, 5.41) is -0.756. The van der Waals surface area contributed by atoms with Crippen molar-refractivity contribution in [2.75, 3.05) is 12.8 Å². The zero-order valence-corrected chi connectivity index (χ0v) is 24.3. The first-order valence-corrected chi connectivity index (χ1v) is 15.6. The number of phosphoric ester groups is 1. The molecule has 9 unspecified atom stereocenters. The Morgan fingerprint density at radius 2 is 1.90 bits per heavy atom. The summed E-state index contributed by atoms with van der Waals surface area (Å²) in [6.45, 7) is 5.20. The lowest BCUT2D eigenvalue weighted by atomic mass is 9.44. The number of carbonyl (C=O) groups excluding carboxylic acids is 3. The molecule has 0 bridgehead atoms. The Bertz CT molecular complexity index is 1190. The summed E-state index contributed by atoms with van der Waals surface area (Å²) in [4.78, 5) is 56.8. The number of fused-ring (bicyclic) bond motifs is 5. The average molecular weight is 611 g/mol. The van der Waals surface area contributed by atoms with Gasteiger partial charge in [0.15, 0.2) is 23.8 Å². The number of allylic oxidation sites excluding steroid dienone is 4. The molecule has 40 heavy (non-hydrogen) atoms. The van der Waals surface area contributed by atoms with Gasteiger partial charge in [-0.15, -0.1) is 0 Å². The second-order valence-corrected chi connectivity index (χ2v) is 13.6. The number of halogens is 3. The molecule has 224 valence electrons. The molecule has 0 aromatic heterocycles. The summed E-state index contributed by atoms with van der Waals surface area (Å²) < 4.78 is 74.7. The number of carbonyl (C=O) groups is 3. The molecule has 3 saturated carbocycles. The fourth-order valence-electron chi connectivity index (χ4n) is 7.95. The molecule has 0 saturated heterocycles. The third-order valence-corrected chi connectivity index (χ3v) is 10.8. The topological polar surface area (TPSA) is 136 Å². The first-order valence-electron chi connectivity index (χ1n) is 13.1. The molecule has 0 radical (unpaired) electrons. The highest BCUT2D eigenvalue weighted by Gasteiger charge is 2.78. The van der Waals surface area contributed by atoms with Crippen LogP contribution >= 0.6 is 19.6 Å². The minimum Gasteiger partial charge on any atom is -0.449 e. The predicted octanol–water partition coefficient (Wildman–Crippen LogP) is 4.52. The molecule has 9 nitrogen and oxygen atoms in total. The molecule has 0 spiro atoms. The zero-order valence-electron chi connectivity index (χ0n) is 22.6. The third kappa shape index (κ3) is 4.55. The van der Waals surface area contributed by atoms with Gasteiger partial charge in [-0.1, -0.05) is 26.8 Å². The standard InChI is InChI=1S/C26H34F3O9PS/c1-5-21(31)38-26(22(32)40-12-27)14(2)8-16-17-10-19(28)18-9-15(30)6-7-23(18,3)25(17,29)20(11-24(16,26)4)36-13-37-39(33,34)35/h6-7,9,14,16-17,19-20H,5,8,10-13H2,1-4H3,(H2,33,34,35). The van der Waals surface area contributed by atoms with Crippen LogP contribution < -0.4 is 0 Å². The third-order valence-electron chi connectivity index (χ3n) is 9.69. The lowest BCUT2D eigenvalue weighted by molar-refractivity contribution is -0.248. The molecule has 0 amide bonds. The Balaban J connectivity index is 1.90. The van der Waals surface area contributed by atoms with Crippen LogP contribution in [0.4, 0.5) is 13.2 Å². The summed E-state index contributed by atoms with van der Waals surface area (Å²) in [6, 6.07) is -1.10. The van der Waals surface area contributed by atoms with Gasteiger partial charge in [0.25, 0.3) is 0 Å². The molecular formula is C26H34F3O9PS. The van der Waals surface area contributed by atoms with Crippen molar-refractivity contribution in [1.29, 1.82) is 0 Å². The highest BCUT2D eigenvalue weighted by Crippen LogP contribution is 2.72. The van der Waals surface area contributed by atoms with Crippen molar-refractivity contribution in [1.82, 2.24) is 0 Å². The number of ether oxygens (including phenoxy) is 2. The van der Waals surface area contributed by atoms with E-state index in [2.05, 4.69) is 4.52 Å². The Hall–Kier alpha value is -1.50. The highest BCUT2D eigenvalue weighted by molar-refractivity contribution is 8.13.